The Morgan fingerprint density at radius 3 is 2.52 bits per heavy atom. The molecular formula is C13H23FN2O4S. The highest BCUT2D eigenvalue weighted by Gasteiger charge is 2.41. The van der Waals surface area contributed by atoms with Crippen molar-refractivity contribution in [3.8, 4) is 0 Å². The predicted molar refractivity (Wildman–Crippen MR) is 76.1 cm³/mol. The summed E-state index contributed by atoms with van der Waals surface area (Å²) in [7, 11) is -2.94. The van der Waals surface area contributed by atoms with E-state index in [9.17, 15) is 17.1 Å². The molecule has 2 aliphatic rings. The molecule has 0 aromatic carbocycles. The predicted octanol–water partition coefficient (Wildman–Crippen LogP) is 0.388. The van der Waals surface area contributed by atoms with Crippen LogP contribution in [0.4, 0.5) is 3.89 Å². The van der Waals surface area contributed by atoms with Gasteiger partial charge in [-0.25, -0.2) is 0 Å². The van der Waals surface area contributed by atoms with Gasteiger partial charge in [0.25, 0.3) is 0 Å². The molecule has 2 saturated heterocycles. The van der Waals surface area contributed by atoms with E-state index < -0.39 is 15.5 Å². The van der Waals surface area contributed by atoms with Gasteiger partial charge in [0.2, 0.25) is 5.91 Å². The number of halogens is 1. The molecule has 0 aliphatic carbocycles. The third-order valence-electron chi connectivity index (χ3n) is 4.34. The first-order chi connectivity index (χ1) is 9.91. The Morgan fingerprint density at radius 2 is 2.00 bits per heavy atom. The summed E-state index contributed by atoms with van der Waals surface area (Å²) in [6.45, 7) is 3.47. The van der Waals surface area contributed by atoms with E-state index in [0.717, 1.165) is 45.5 Å². The number of carbonyl (C=O) groups excluding carboxylic acids is 1. The highest BCUT2D eigenvalue weighted by molar-refractivity contribution is 7.87. The number of hydrogen-bond acceptors (Lipinski definition) is 5. The highest BCUT2D eigenvalue weighted by atomic mass is 32.3. The van der Waals surface area contributed by atoms with E-state index in [-0.39, 0.29) is 24.9 Å². The van der Waals surface area contributed by atoms with Gasteiger partial charge in [-0.1, -0.05) is 0 Å². The number of likely N-dealkylation sites (tertiary alicyclic amines) is 2. The van der Waals surface area contributed by atoms with Gasteiger partial charge in [-0.05, 0) is 19.3 Å². The van der Waals surface area contributed by atoms with Crippen molar-refractivity contribution in [3.63, 3.8) is 0 Å². The van der Waals surface area contributed by atoms with Gasteiger partial charge in [0, 0.05) is 52.4 Å². The van der Waals surface area contributed by atoms with Crippen LogP contribution in [0, 0.1) is 0 Å². The van der Waals surface area contributed by atoms with Crippen LogP contribution in [0.5, 0.6) is 0 Å². The van der Waals surface area contributed by atoms with E-state index in [2.05, 4.69) is 4.90 Å². The highest BCUT2D eigenvalue weighted by Crippen LogP contribution is 2.26. The lowest BCUT2D eigenvalue weighted by Crippen LogP contribution is -2.46. The normalized spacial score (nSPS) is 25.7. The number of methoxy groups -OCH3 is 1. The summed E-state index contributed by atoms with van der Waals surface area (Å²) in [5, 5.41) is -1.18. The lowest BCUT2D eigenvalue weighted by Gasteiger charge is -2.36. The molecule has 1 unspecified atom stereocenters. The largest absolute Gasteiger partial charge is 0.385 e. The number of rotatable bonds is 6. The number of nitrogens with zero attached hydrogens (tertiary/aromatic N) is 2. The van der Waals surface area contributed by atoms with Gasteiger partial charge in [0.1, 0.15) is 5.25 Å². The topological polar surface area (TPSA) is 66.9 Å². The molecule has 21 heavy (non-hydrogen) atoms. The Balaban J connectivity index is 1.81. The van der Waals surface area contributed by atoms with Gasteiger partial charge in [-0.15, -0.1) is 3.89 Å². The van der Waals surface area contributed by atoms with E-state index in [1.54, 1.807) is 12.0 Å². The van der Waals surface area contributed by atoms with Gasteiger partial charge in [-0.3, -0.25) is 4.79 Å². The molecule has 0 N–H and O–H groups in total. The Hall–Kier alpha value is -0.730. The average molecular weight is 322 g/mol. The minimum Gasteiger partial charge on any atom is -0.385 e. The van der Waals surface area contributed by atoms with Gasteiger partial charge in [0.15, 0.2) is 0 Å². The van der Waals surface area contributed by atoms with Crippen molar-refractivity contribution in [2.24, 2.45) is 0 Å². The van der Waals surface area contributed by atoms with Crippen LogP contribution >= 0.6 is 0 Å². The molecule has 0 spiro atoms. The zero-order chi connectivity index (χ0) is 15.5. The Bertz CT molecular complexity index is 463. The summed E-state index contributed by atoms with van der Waals surface area (Å²) in [6, 6.07) is 0.0444. The zero-order valence-electron chi connectivity index (χ0n) is 12.3. The summed E-state index contributed by atoms with van der Waals surface area (Å²) >= 11 is 0. The number of piperidine rings is 1. The van der Waals surface area contributed by atoms with Crippen molar-refractivity contribution < 1.29 is 21.8 Å². The van der Waals surface area contributed by atoms with Gasteiger partial charge < -0.3 is 14.5 Å². The molecule has 0 aromatic rings. The van der Waals surface area contributed by atoms with Crippen molar-refractivity contribution >= 4 is 16.1 Å². The molecule has 8 heteroatoms. The Kier molecular flexibility index (Phi) is 5.56. The second-order valence-electron chi connectivity index (χ2n) is 5.77. The number of carbonyl (C=O) groups is 1. The lowest BCUT2D eigenvalue weighted by atomic mass is 10.0. The molecule has 2 rings (SSSR count). The Labute approximate surface area is 125 Å². The fraction of sp³-hybridized carbons (Fsp3) is 0.923. The number of ether oxygens (including phenoxy) is 1. The number of hydrogen-bond donors (Lipinski definition) is 0. The second kappa shape index (κ2) is 7.02. The number of amides is 1. The van der Waals surface area contributed by atoms with Crippen molar-refractivity contribution in [1.29, 1.82) is 0 Å². The maximum absolute atomic E-state index is 13.0. The maximum Gasteiger partial charge on any atom is 0.307 e. The third-order valence-corrected chi connectivity index (χ3v) is 5.45. The average Bonchev–Trinajstić information content (AvgIpc) is 2.82. The first-order valence-electron chi connectivity index (χ1n) is 7.36. The second-order valence-corrected chi connectivity index (χ2v) is 7.38. The van der Waals surface area contributed by atoms with E-state index in [0.29, 0.717) is 0 Å². The van der Waals surface area contributed by atoms with Crippen molar-refractivity contribution in [2.45, 2.75) is 37.0 Å². The molecule has 0 radical (unpaired) electrons. The van der Waals surface area contributed by atoms with Gasteiger partial charge in [0.05, 0.1) is 0 Å². The fourth-order valence-corrected chi connectivity index (χ4v) is 3.81. The van der Waals surface area contributed by atoms with Gasteiger partial charge in [-0.2, -0.15) is 8.42 Å². The standard InChI is InChI=1S/C13H23FN2O4S/c1-20-8-2-5-15-6-3-11(4-7-15)16-10-12(9-13(16)17)21(14,18)19/h11-12H,2-10H2,1H3. The monoisotopic (exact) mass is 322 g/mol. The van der Waals surface area contributed by atoms with E-state index >= 15 is 0 Å². The summed E-state index contributed by atoms with van der Waals surface area (Å²) < 4.78 is 39.9. The third kappa shape index (κ3) is 4.37. The molecule has 0 bridgehead atoms. The smallest absolute Gasteiger partial charge is 0.307 e. The van der Waals surface area contributed by atoms with Crippen LogP contribution in [-0.4, -0.2) is 75.3 Å². The van der Waals surface area contributed by atoms with Crippen LogP contribution in [0.3, 0.4) is 0 Å². The van der Waals surface area contributed by atoms with Crippen molar-refractivity contribution in [2.75, 3.05) is 39.9 Å². The van der Waals surface area contributed by atoms with Crippen molar-refractivity contribution in [1.82, 2.24) is 9.80 Å². The first kappa shape index (κ1) is 16.6. The van der Waals surface area contributed by atoms with Crippen LogP contribution in [0.25, 0.3) is 0 Å². The minimum absolute atomic E-state index is 0.00596. The van der Waals surface area contributed by atoms with Crippen molar-refractivity contribution in [3.05, 3.63) is 0 Å². The quantitative estimate of drug-likeness (QED) is 0.523. The molecule has 6 nitrogen and oxygen atoms in total. The molecule has 1 amide bonds. The van der Waals surface area contributed by atoms with Crippen LogP contribution in [0.15, 0.2) is 0 Å². The van der Waals surface area contributed by atoms with Crippen LogP contribution in [0.2, 0.25) is 0 Å². The molecule has 2 aliphatic heterocycles. The van der Waals surface area contributed by atoms with Gasteiger partial charge >= 0.3 is 10.2 Å². The molecule has 1 atom stereocenters. The fourth-order valence-electron chi connectivity index (χ4n) is 3.13. The molecule has 122 valence electrons. The first-order valence-corrected chi connectivity index (χ1v) is 8.80. The summed E-state index contributed by atoms with van der Waals surface area (Å²) in [4.78, 5) is 15.8. The molecule has 0 aromatic heterocycles. The minimum atomic E-state index is -4.62. The lowest BCUT2D eigenvalue weighted by molar-refractivity contribution is -0.130. The van der Waals surface area contributed by atoms with E-state index in [1.165, 1.54) is 0 Å². The molecule has 0 saturated carbocycles. The summed E-state index contributed by atoms with van der Waals surface area (Å²) in [5.41, 5.74) is 0. The van der Waals surface area contributed by atoms with Crippen LogP contribution < -0.4 is 0 Å². The van der Waals surface area contributed by atoms with Crippen LogP contribution in [0.1, 0.15) is 25.7 Å². The zero-order valence-corrected chi connectivity index (χ0v) is 13.1. The molecule has 2 fully saturated rings. The van der Waals surface area contributed by atoms with E-state index in [1.807, 2.05) is 0 Å². The summed E-state index contributed by atoms with van der Waals surface area (Å²) in [5.74, 6) is -0.237. The molecule has 2 heterocycles. The van der Waals surface area contributed by atoms with E-state index in [4.69, 9.17) is 4.74 Å². The summed E-state index contributed by atoms with van der Waals surface area (Å²) in [6.07, 6.45) is 2.40. The molecular weight excluding hydrogens is 299 g/mol. The SMILES string of the molecule is COCCCN1CCC(N2CC(S(=O)(=O)F)CC2=O)CC1. The van der Waals surface area contributed by atoms with Crippen LogP contribution in [-0.2, 0) is 19.8 Å². The maximum atomic E-state index is 13.0. The Morgan fingerprint density at radius 1 is 1.33 bits per heavy atom.